The third-order valence-corrected chi connectivity index (χ3v) is 3.89. The number of hydrogen-bond acceptors (Lipinski definition) is 3. The van der Waals surface area contributed by atoms with Crippen LogP contribution >= 0.6 is 0 Å². The van der Waals surface area contributed by atoms with E-state index >= 15 is 0 Å². The lowest BCUT2D eigenvalue weighted by Crippen LogP contribution is -2.30. The molecule has 0 radical (unpaired) electrons. The Morgan fingerprint density at radius 2 is 1.88 bits per heavy atom. The van der Waals surface area contributed by atoms with E-state index in [1.54, 1.807) is 0 Å². The fraction of sp³-hybridized carbons (Fsp3) is 1.00. The lowest BCUT2D eigenvalue weighted by atomic mass is 10.00. The number of nitrogens with one attached hydrogen (secondary N) is 1. The maximum atomic E-state index is 5.40. The van der Waals surface area contributed by atoms with Crippen LogP contribution in [-0.4, -0.2) is 50.8 Å². The van der Waals surface area contributed by atoms with Crippen molar-refractivity contribution in [3.8, 4) is 0 Å². The maximum absolute atomic E-state index is 5.40. The van der Waals surface area contributed by atoms with Crippen molar-refractivity contribution in [2.75, 3.05) is 39.9 Å². The molecule has 2 rings (SSSR count). The van der Waals surface area contributed by atoms with E-state index in [4.69, 9.17) is 4.74 Å². The molecule has 1 N–H and O–H groups in total. The Kier molecular flexibility index (Phi) is 5.75. The van der Waals surface area contributed by atoms with E-state index in [1.807, 2.05) is 0 Å². The standard InChI is InChI=1S/C14H28N2O/c1-16(12-13-6-10-17-11-7-13)9-3-2-8-15-14-4-5-14/h13-15H,2-12H2,1H3. The molecule has 0 bridgehead atoms. The average Bonchev–Trinajstić information content (AvgIpc) is 3.14. The number of unbranched alkanes of at least 4 members (excludes halogenated alkanes) is 1. The highest BCUT2D eigenvalue weighted by Gasteiger charge is 2.19. The molecule has 17 heavy (non-hydrogen) atoms. The normalized spacial score (nSPS) is 22.2. The van der Waals surface area contributed by atoms with E-state index in [1.165, 1.54) is 58.2 Å². The zero-order valence-corrected chi connectivity index (χ0v) is 11.3. The number of ether oxygens (including phenoxy) is 1. The third kappa shape index (κ3) is 5.84. The maximum Gasteiger partial charge on any atom is 0.0469 e. The summed E-state index contributed by atoms with van der Waals surface area (Å²) >= 11 is 0. The Morgan fingerprint density at radius 1 is 1.12 bits per heavy atom. The number of rotatable bonds is 8. The van der Waals surface area contributed by atoms with Crippen LogP contribution in [0.15, 0.2) is 0 Å². The molecule has 0 unspecified atom stereocenters. The summed E-state index contributed by atoms with van der Waals surface area (Å²) in [6.07, 6.45) is 7.99. The van der Waals surface area contributed by atoms with Crippen LogP contribution in [0.4, 0.5) is 0 Å². The van der Waals surface area contributed by atoms with Crippen molar-refractivity contribution < 1.29 is 4.74 Å². The topological polar surface area (TPSA) is 24.5 Å². The smallest absolute Gasteiger partial charge is 0.0469 e. The summed E-state index contributed by atoms with van der Waals surface area (Å²) in [6.45, 7) is 5.69. The van der Waals surface area contributed by atoms with E-state index in [0.717, 1.165) is 25.2 Å². The monoisotopic (exact) mass is 240 g/mol. The molecule has 2 fully saturated rings. The third-order valence-electron chi connectivity index (χ3n) is 3.89. The molecule has 0 amide bonds. The average molecular weight is 240 g/mol. The predicted octanol–water partition coefficient (Wildman–Crippen LogP) is 1.88. The van der Waals surface area contributed by atoms with Gasteiger partial charge in [0.15, 0.2) is 0 Å². The first kappa shape index (κ1) is 13.3. The molecule has 0 spiro atoms. The number of hydrogen-bond donors (Lipinski definition) is 1. The molecule has 0 atom stereocenters. The highest BCUT2D eigenvalue weighted by Crippen LogP contribution is 2.18. The summed E-state index contributed by atoms with van der Waals surface area (Å²) in [6, 6.07) is 0.870. The van der Waals surface area contributed by atoms with Gasteiger partial charge in [0, 0.05) is 25.8 Å². The molecular weight excluding hydrogens is 212 g/mol. The molecule has 1 heterocycles. The number of nitrogens with zero attached hydrogens (tertiary/aromatic N) is 1. The SMILES string of the molecule is CN(CCCCNC1CC1)CC1CCOCC1. The molecule has 3 heteroatoms. The second kappa shape index (κ2) is 7.34. The lowest BCUT2D eigenvalue weighted by molar-refractivity contribution is 0.0556. The van der Waals surface area contributed by atoms with E-state index in [-0.39, 0.29) is 0 Å². The van der Waals surface area contributed by atoms with E-state index in [9.17, 15) is 0 Å². The first-order valence-electron chi connectivity index (χ1n) is 7.34. The second-order valence-corrected chi connectivity index (χ2v) is 5.75. The summed E-state index contributed by atoms with van der Waals surface area (Å²) < 4.78 is 5.40. The Balaban J connectivity index is 1.43. The van der Waals surface area contributed by atoms with E-state index in [0.29, 0.717) is 0 Å². The first-order chi connectivity index (χ1) is 8.34. The Hall–Kier alpha value is -0.120. The van der Waals surface area contributed by atoms with Crippen LogP contribution in [0.2, 0.25) is 0 Å². The molecule has 1 aliphatic carbocycles. The van der Waals surface area contributed by atoms with Gasteiger partial charge < -0.3 is 15.0 Å². The van der Waals surface area contributed by atoms with Crippen molar-refractivity contribution in [3.63, 3.8) is 0 Å². The van der Waals surface area contributed by atoms with Crippen molar-refractivity contribution in [3.05, 3.63) is 0 Å². The van der Waals surface area contributed by atoms with Crippen molar-refractivity contribution in [2.45, 2.75) is 44.6 Å². The van der Waals surface area contributed by atoms with Crippen LogP contribution in [0, 0.1) is 5.92 Å². The van der Waals surface area contributed by atoms with Gasteiger partial charge in [0.05, 0.1) is 0 Å². The molecule has 0 aromatic heterocycles. The summed E-state index contributed by atoms with van der Waals surface area (Å²) in [5, 5.41) is 3.58. The summed E-state index contributed by atoms with van der Waals surface area (Å²) in [5.41, 5.74) is 0. The van der Waals surface area contributed by atoms with Crippen molar-refractivity contribution in [1.29, 1.82) is 0 Å². The minimum absolute atomic E-state index is 0.870. The minimum Gasteiger partial charge on any atom is -0.381 e. The van der Waals surface area contributed by atoms with Crippen LogP contribution in [-0.2, 0) is 4.74 Å². The van der Waals surface area contributed by atoms with E-state index < -0.39 is 0 Å². The van der Waals surface area contributed by atoms with Crippen LogP contribution < -0.4 is 5.32 Å². The fourth-order valence-electron chi connectivity index (χ4n) is 2.56. The van der Waals surface area contributed by atoms with E-state index in [2.05, 4.69) is 17.3 Å². The van der Waals surface area contributed by atoms with Crippen LogP contribution in [0.5, 0.6) is 0 Å². The second-order valence-electron chi connectivity index (χ2n) is 5.75. The highest BCUT2D eigenvalue weighted by molar-refractivity contribution is 4.80. The summed E-state index contributed by atoms with van der Waals surface area (Å²) in [5.74, 6) is 0.873. The summed E-state index contributed by atoms with van der Waals surface area (Å²) in [7, 11) is 2.27. The Morgan fingerprint density at radius 3 is 2.59 bits per heavy atom. The Labute approximate surface area is 106 Å². The van der Waals surface area contributed by atoms with Gasteiger partial charge in [-0.2, -0.15) is 0 Å². The van der Waals surface area contributed by atoms with Crippen LogP contribution in [0.1, 0.15) is 38.5 Å². The molecule has 1 aliphatic heterocycles. The van der Waals surface area contributed by atoms with Gasteiger partial charge in [0.1, 0.15) is 0 Å². The molecule has 1 saturated heterocycles. The quantitative estimate of drug-likeness (QED) is 0.656. The van der Waals surface area contributed by atoms with Crippen LogP contribution in [0.3, 0.4) is 0 Å². The van der Waals surface area contributed by atoms with Gasteiger partial charge in [-0.25, -0.2) is 0 Å². The highest BCUT2D eigenvalue weighted by atomic mass is 16.5. The lowest BCUT2D eigenvalue weighted by Gasteiger charge is -2.27. The largest absolute Gasteiger partial charge is 0.381 e. The molecule has 100 valence electrons. The van der Waals surface area contributed by atoms with Gasteiger partial charge in [-0.1, -0.05) is 0 Å². The molecular formula is C14H28N2O. The minimum atomic E-state index is 0.870. The van der Waals surface area contributed by atoms with Gasteiger partial charge in [0.25, 0.3) is 0 Å². The zero-order chi connectivity index (χ0) is 11.9. The van der Waals surface area contributed by atoms with Crippen molar-refractivity contribution in [2.24, 2.45) is 5.92 Å². The van der Waals surface area contributed by atoms with Gasteiger partial charge >= 0.3 is 0 Å². The molecule has 2 aliphatic rings. The molecule has 0 aromatic rings. The van der Waals surface area contributed by atoms with Crippen molar-refractivity contribution >= 4 is 0 Å². The zero-order valence-electron chi connectivity index (χ0n) is 11.3. The Bertz CT molecular complexity index is 200. The van der Waals surface area contributed by atoms with Gasteiger partial charge in [0.2, 0.25) is 0 Å². The molecule has 1 saturated carbocycles. The predicted molar refractivity (Wildman–Crippen MR) is 71.3 cm³/mol. The first-order valence-corrected chi connectivity index (χ1v) is 7.34. The molecule has 0 aromatic carbocycles. The van der Waals surface area contributed by atoms with Gasteiger partial charge in [-0.3, -0.25) is 0 Å². The summed E-state index contributed by atoms with van der Waals surface area (Å²) in [4.78, 5) is 2.51. The van der Waals surface area contributed by atoms with Crippen molar-refractivity contribution in [1.82, 2.24) is 10.2 Å². The van der Waals surface area contributed by atoms with Gasteiger partial charge in [-0.05, 0) is 64.6 Å². The van der Waals surface area contributed by atoms with Crippen LogP contribution in [0.25, 0.3) is 0 Å². The molecule has 3 nitrogen and oxygen atoms in total. The fourth-order valence-corrected chi connectivity index (χ4v) is 2.56. The van der Waals surface area contributed by atoms with Gasteiger partial charge in [-0.15, -0.1) is 0 Å².